The van der Waals surface area contributed by atoms with Crippen LogP contribution in [-0.2, 0) is 6.42 Å². The first-order chi connectivity index (χ1) is 13.7. The molecule has 6 heteroatoms. The number of pyridine rings is 2. The zero-order valence-electron chi connectivity index (χ0n) is 15.4. The van der Waals surface area contributed by atoms with Crippen molar-refractivity contribution in [1.82, 2.24) is 9.72 Å². The minimum Gasteiger partial charge on any atom is -0.345 e. The van der Waals surface area contributed by atoms with Crippen LogP contribution < -0.4 is 10.9 Å². The molecule has 2 heterocycles. The fraction of sp³-hybridized carbons (Fsp3) is 0.227. The number of aryl methyl sites for hydroxylation is 1. The molecule has 0 fully saturated rings. The molecule has 0 aliphatic heterocycles. The van der Waals surface area contributed by atoms with Gasteiger partial charge in [0, 0.05) is 11.1 Å². The Morgan fingerprint density at radius 1 is 1.25 bits per heavy atom. The molecule has 1 atom stereocenters. The van der Waals surface area contributed by atoms with Crippen molar-refractivity contribution >= 4 is 23.2 Å². The summed E-state index contributed by atoms with van der Waals surface area (Å²) in [6.45, 7) is 0. The maximum Gasteiger partial charge on any atom is 0.274 e. The number of thioether (sulfide) groups is 1. The highest BCUT2D eigenvalue weighted by molar-refractivity contribution is 7.98. The molecule has 0 saturated heterocycles. The first-order valence-corrected chi connectivity index (χ1v) is 10.4. The fourth-order valence-electron chi connectivity index (χ4n) is 3.94. The molecular formula is C22H19N3O2S. The standard InChI is InChI=1S/C22H19N3O2S/c1-28-20-16(13-23)22(27)25-12-5-4-11-18(25)19(20)21(26)24-17-10-6-8-14-7-2-3-9-15(14)17/h2-5,7,9,11-12,17H,6,8,10H2,1H3,(H,24,26). The summed E-state index contributed by atoms with van der Waals surface area (Å²) in [6.07, 6.45) is 6.26. The third-order valence-corrected chi connectivity index (χ3v) is 6.04. The van der Waals surface area contributed by atoms with E-state index in [0.717, 1.165) is 24.8 Å². The zero-order valence-corrected chi connectivity index (χ0v) is 16.3. The summed E-state index contributed by atoms with van der Waals surface area (Å²) in [5.41, 5.74) is 2.90. The predicted molar refractivity (Wildman–Crippen MR) is 110 cm³/mol. The normalized spacial score (nSPS) is 15.6. The summed E-state index contributed by atoms with van der Waals surface area (Å²) < 4.78 is 1.38. The molecule has 0 saturated carbocycles. The van der Waals surface area contributed by atoms with Crippen LogP contribution in [0.5, 0.6) is 0 Å². The van der Waals surface area contributed by atoms with E-state index in [1.54, 1.807) is 30.7 Å². The summed E-state index contributed by atoms with van der Waals surface area (Å²) in [5, 5.41) is 12.7. The van der Waals surface area contributed by atoms with E-state index >= 15 is 0 Å². The summed E-state index contributed by atoms with van der Waals surface area (Å²) in [7, 11) is 0. The van der Waals surface area contributed by atoms with Crippen molar-refractivity contribution in [2.45, 2.75) is 30.2 Å². The van der Waals surface area contributed by atoms with Gasteiger partial charge in [0.25, 0.3) is 11.5 Å². The minimum atomic E-state index is -0.401. The third kappa shape index (κ3) is 2.98. The van der Waals surface area contributed by atoms with Crippen molar-refractivity contribution in [1.29, 1.82) is 5.26 Å². The lowest BCUT2D eigenvalue weighted by atomic mass is 9.87. The average Bonchev–Trinajstić information content (AvgIpc) is 2.73. The number of nitrogens with zero attached hydrogens (tertiary/aromatic N) is 2. The van der Waals surface area contributed by atoms with Gasteiger partial charge in [-0.3, -0.25) is 14.0 Å². The van der Waals surface area contributed by atoms with Crippen LogP contribution in [0.3, 0.4) is 0 Å². The first kappa shape index (κ1) is 18.3. The average molecular weight is 389 g/mol. The second-order valence-corrected chi connectivity index (χ2v) is 7.59. The van der Waals surface area contributed by atoms with Crippen LogP contribution in [0.2, 0.25) is 0 Å². The number of rotatable bonds is 3. The number of carbonyl (C=O) groups is 1. The lowest BCUT2D eigenvalue weighted by Crippen LogP contribution is -2.33. The molecular weight excluding hydrogens is 370 g/mol. The van der Waals surface area contributed by atoms with Crippen molar-refractivity contribution in [2.75, 3.05) is 6.26 Å². The molecule has 4 rings (SSSR count). The first-order valence-electron chi connectivity index (χ1n) is 9.15. The van der Waals surface area contributed by atoms with Crippen molar-refractivity contribution in [3.8, 4) is 6.07 Å². The predicted octanol–water partition coefficient (Wildman–Crippen LogP) is 3.70. The van der Waals surface area contributed by atoms with Crippen LogP contribution in [0.25, 0.3) is 5.52 Å². The summed E-state index contributed by atoms with van der Waals surface area (Å²) >= 11 is 1.25. The van der Waals surface area contributed by atoms with Gasteiger partial charge in [-0.2, -0.15) is 5.26 Å². The summed E-state index contributed by atoms with van der Waals surface area (Å²) in [6, 6.07) is 15.3. The van der Waals surface area contributed by atoms with Gasteiger partial charge in [0.1, 0.15) is 11.6 Å². The molecule has 1 aromatic carbocycles. The van der Waals surface area contributed by atoms with E-state index in [9.17, 15) is 14.9 Å². The van der Waals surface area contributed by atoms with E-state index in [1.165, 1.54) is 21.7 Å². The van der Waals surface area contributed by atoms with E-state index in [4.69, 9.17) is 0 Å². The van der Waals surface area contributed by atoms with Crippen molar-refractivity contribution in [2.24, 2.45) is 0 Å². The lowest BCUT2D eigenvalue weighted by molar-refractivity contribution is 0.0931. The molecule has 1 unspecified atom stereocenters. The third-order valence-electron chi connectivity index (χ3n) is 5.22. The molecule has 1 amide bonds. The number of amides is 1. The number of hydrogen-bond donors (Lipinski definition) is 1. The Bertz CT molecular complexity index is 1180. The van der Waals surface area contributed by atoms with Crippen LogP contribution in [-0.4, -0.2) is 16.6 Å². The van der Waals surface area contributed by atoms with Gasteiger partial charge in [-0.25, -0.2) is 0 Å². The maximum absolute atomic E-state index is 13.3. The zero-order chi connectivity index (χ0) is 19.7. The summed E-state index contributed by atoms with van der Waals surface area (Å²) in [5.74, 6) is -0.258. The van der Waals surface area contributed by atoms with Crippen LogP contribution in [0, 0.1) is 11.3 Å². The van der Waals surface area contributed by atoms with E-state index in [0.29, 0.717) is 16.0 Å². The maximum atomic E-state index is 13.3. The molecule has 0 radical (unpaired) electrons. The number of nitriles is 1. The fourth-order valence-corrected chi connectivity index (χ4v) is 4.68. The molecule has 1 N–H and O–H groups in total. The largest absolute Gasteiger partial charge is 0.345 e. The number of carbonyl (C=O) groups excluding carboxylic acids is 1. The number of nitrogens with one attached hydrogen (secondary N) is 1. The van der Waals surface area contributed by atoms with E-state index in [-0.39, 0.29) is 17.5 Å². The van der Waals surface area contributed by atoms with Gasteiger partial charge in [0.2, 0.25) is 0 Å². The molecule has 0 spiro atoms. The van der Waals surface area contributed by atoms with Crippen LogP contribution in [0.4, 0.5) is 0 Å². The second-order valence-electron chi connectivity index (χ2n) is 6.77. The monoisotopic (exact) mass is 389 g/mol. The quantitative estimate of drug-likeness (QED) is 0.693. The summed E-state index contributed by atoms with van der Waals surface area (Å²) in [4.78, 5) is 26.4. The highest BCUT2D eigenvalue weighted by Crippen LogP contribution is 2.31. The van der Waals surface area contributed by atoms with Crippen molar-refractivity contribution in [3.63, 3.8) is 0 Å². The van der Waals surface area contributed by atoms with Crippen molar-refractivity contribution < 1.29 is 4.79 Å². The number of fused-ring (bicyclic) bond motifs is 2. The lowest BCUT2D eigenvalue weighted by Gasteiger charge is -2.27. The molecule has 1 aliphatic rings. The second kappa shape index (κ2) is 7.53. The SMILES string of the molecule is CSc1c(C#N)c(=O)n2ccccc2c1C(=O)NC1CCCc2ccccc21. The Labute approximate surface area is 167 Å². The Kier molecular flexibility index (Phi) is 4.93. The van der Waals surface area contributed by atoms with E-state index in [1.807, 2.05) is 18.2 Å². The Morgan fingerprint density at radius 3 is 2.82 bits per heavy atom. The molecule has 3 aromatic rings. The molecule has 140 valence electrons. The number of hydrogen-bond acceptors (Lipinski definition) is 4. The van der Waals surface area contributed by atoms with Gasteiger partial charge < -0.3 is 5.32 Å². The highest BCUT2D eigenvalue weighted by atomic mass is 32.2. The van der Waals surface area contributed by atoms with Gasteiger partial charge >= 0.3 is 0 Å². The Balaban J connectivity index is 1.84. The minimum absolute atomic E-state index is 0.00499. The molecule has 1 aliphatic carbocycles. The number of aromatic nitrogens is 1. The van der Waals surface area contributed by atoms with Gasteiger partial charge in [-0.15, -0.1) is 11.8 Å². The van der Waals surface area contributed by atoms with Gasteiger partial charge in [0.05, 0.1) is 17.1 Å². The van der Waals surface area contributed by atoms with E-state index in [2.05, 4.69) is 17.4 Å². The Morgan fingerprint density at radius 2 is 2.04 bits per heavy atom. The highest BCUT2D eigenvalue weighted by Gasteiger charge is 2.26. The van der Waals surface area contributed by atoms with Crippen LogP contribution in [0.15, 0.2) is 58.4 Å². The molecule has 5 nitrogen and oxygen atoms in total. The van der Waals surface area contributed by atoms with Crippen LogP contribution in [0.1, 0.15) is 45.9 Å². The molecule has 28 heavy (non-hydrogen) atoms. The van der Waals surface area contributed by atoms with E-state index < -0.39 is 5.56 Å². The Hall–Kier alpha value is -3.04. The molecule has 0 bridgehead atoms. The topological polar surface area (TPSA) is 74.4 Å². The van der Waals surface area contributed by atoms with Crippen LogP contribution >= 0.6 is 11.8 Å². The van der Waals surface area contributed by atoms with Gasteiger partial charge in [0.15, 0.2) is 0 Å². The van der Waals surface area contributed by atoms with Crippen molar-refractivity contribution in [3.05, 3.63) is 81.3 Å². The smallest absolute Gasteiger partial charge is 0.274 e. The molecule has 2 aromatic heterocycles. The van der Waals surface area contributed by atoms with Gasteiger partial charge in [-0.1, -0.05) is 30.3 Å². The number of benzene rings is 1. The van der Waals surface area contributed by atoms with Gasteiger partial charge in [-0.05, 0) is 48.8 Å².